The number of carbonyl (C=O) groups is 1. The van der Waals surface area contributed by atoms with Crippen molar-refractivity contribution in [1.82, 2.24) is 0 Å². The lowest BCUT2D eigenvalue weighted by atomic mass is 9.98. The van der Waals surface area contributed by atoms with Crippen LogP contribution in [0.3, 0.4) is 0 Å². The quantitative estimate of drug-likeness (QED) is 0.865. The van der Waals surface area contributed by atoms with E-state index in [1.807, 2.05) is 0 Å². The summed E-state index contributed by atoms with van der Waals surface area (Å²) in [7, 11) is 0. The van der Waals surface area contributed by atoms with Crippen LogP contribution in [0.15, 0.2) is 11.4 Å². The van der Waals surface area contributed by atoms with Crippen molar-refractivity contribution in [2.45, 2.75) is 50.2 Å². The molecule has 19 heavy (non-hydrogen) atoms. The summed E-state index contributed by atoms with van der Waals surface area (Å²) in [4.78, 5) is 12.3. The van der Waals surface area contributed by atoms with Crippen molar-refractivity contribution < 1.29 is 14.3 Å². The highest BCUT2D eigenvalue weighted by atomic mass is 32.1. The molecule has 2 aliphatic rings. The Hall–Kier alpha value is -1.07. The van der Waals surface area contributed by atoms with Crippen molar-refractivity contribution in [3.8, 4) is 0 Å². The van der Waals surface area contributed by atoms with Crippen LogP contribution in [0.5, 0.6) is 0 Å². The largest absolute Gasteiger partial charge is 0.459 e. The molecule has 4 nitrogen and oxygen atoms in total. The number of anilines is 1. The summed E-state index contributed by atoms with van der Waals surface area (Å²) < 4.78 is 11.4. The van der Waals surface area contributed by atoms with Crippen LogP contribution in [0, 0.1) is 0 Å². The first-order chi connectivity index (χ1) is 9.19. The Kier molecular flexibility index (Phi) is 3.50. The van der Waals surface area contributed by atoms with Crippen LogP contribution in [0.25, 0.3) is 0 Å². The smallest absolute Gasteiger partial charge is 0.350 e. The molecule has 1 spiro atoms. The molecule has 0 aromatic carbocycles. The van der Waals surface area contributed by atoms with E-state index in [1.165, 1.54) is 24.2 Å². The number of nitrogens with two attached hydrogens (primary N) is 1. The average Bonchev–Trinajstić information content (AvgIpc) is 3.11. The molecular formula is C14H19NO3S. The maximum Gasteiger partial charge on any atom is 0.350 e. The van der Waals surface area contributed by atoms with Gasteiger partial charge in [-0.2, -0.15) is 0 Å². The summed E-state index contributed by atoms with van der Waals surface area (Å²) >= 11 is 1.32. The molecule has 0 bridgehead atoms. The van der Waals surface area contributed by atoms with E-state index in [0.717, 1.165) is 25.7 Å². The van der Waals surface area contributed by atoms with Crippen LogP contribution < -0.4 is 5.73 Å². The van der Waals surface area contributed by atoms with Crippen molar-refractivity contribution in [3.63, 3.8) is 0 Å². The maximum absolute atomic E-state index is 11.8. The van der Waals surface area contributed by atoms with Crippen LogP contribution in [0.4, 0.5) is 5.69 Å². The van der Waals surface area contributed by atoms with Crippen molar-refractivity contribution in [2.24, 2.45) is 0 Å². The van der Waals surface area contributed by atoms with Gasteiger partial charge < -0.3 is 15.2 Å². The SMILES string of the molecule is Nc1ccsc1C(=O)OCC1CCC2(CCCC2)O1. The molecule has 2 fully saturated rings. The summed E-state index contributed by atoms with van der Waals surface area (Å²) in [6, 6.07) is 1.72. The summed E-state index contributed by atoms with van der Waals surface area (Å²) in [6.07, 6.45) is 7.01. The predicted octanol–water partition coefficient (Wildman–Crippen LogP) is 2.98. The van der Waals surface area contributed by atoms with E-state index in [2.05, 4.69) is 0 Å². The Labute approximate surface area is 116 Å². The number of thiophene rings is 1. The zero-order valence-corrected chi connectivity index (χ0v) is 11.7. The van der Waals surface area contributed by atoms with Gasteiger partial charge in [0.15, 0.2) is 0 Å². The van der Waals surface area contributed by atoms with Gasteiger partial charge in [0.05, 0.1) is 17.4 Å². The lowest BCUT2D eigenvalue weighted by molar-refractivity contribution is -0.0597. The molecule has 1 saturated heterocycles. The zero-order valence-electron chi connectivity index (χ0n) is 10.9. The number of hydrogen-bond donors (Lipinski definition) is 1. The fourth-order valence-corrected chi connectivity index (χ4v) is 3.83. The van der Waals surface area contributed by atoms with E-state index < -0.39 is 0 Å². The number of hydrogen-bond acceptors (Lipinski definition) is 5. The molecule has 1 unspecified atom stereocenters. The third-order valence-corrected chi connectivity index (χ3v) is 5.05. The minimum atomic E-state index is -0.330. The molecule has 1 aliphatic carbocycles. The van der Waals surface area contributed by atoms with Gasteiger partial charge in [-0.1, -0.05) is 12.8 Å². The number of ether oxygens (including phenoxy) is 2. The Morgan fingerprint density at radius 1 is 1.47 bits per heavy atom. The maximum atomic E-state index is 11.8. The normalized spacial score (nSPS) is 24.9. The topological polar surface area (TPSA) is 61.6 Å². The molecule has 1 atom stereocenters. The second-order valence-electron chi connectivity index (χ2n) is 5.47. The van der Waals surface area contributed by atoms with Gasteiger partial charge >= 0.3 is 5.97 Å². The Morgan fingerprint density at radius 2 is 2.26 bits per heavy atom. The molecule has 0 amide bonds. The fourth-order valence-electron chi connectivity index (χ4n) is 3.12. The van der Waals surface area contributed by atoms with E-state index in [1.54, 1.807) is 11.4 Å². The van der Waals surface area contributed by atoms with E-state index in [9.17, 15) is 4.79 Å². The van der Waals surface area contributed by atoms with Crippen LogP contribution in [-0.2, 0) is 9.47 Å². The van der Waals surface area contributed by atoms with E-state index in [0.29, 0.717) is 17.2 Å². The summed E-state index contributed by atoms with van der Waals surface area (Å²) in [5.41, 5.74) is 6.29. The Morgan fingerprint density at radius 3 is 2.95 bits per heavy atom. The van der Waals surface area contributed by atoms with Crippen LogP contribution >= 0.6 is 11.3 Å². The highest BCUT2D eigenvalue weighted by molar-refractivity contribution is 7.12. The van der Waals surface area contributed by atoms with Crippen LogP contribution in [0.1, 0.15) is 48.2 Å². The highest BCUT2D eigenvalue weighted by Gasteiger charge is 2.42. The van der Waals surface area contributed by atoms with Gasteiger partial charge in [-0.05, 0) is 37.1 Å². The van der Waals surface area contributed by atoms with Crippen LogP contribution in [0.2, 0.25) is 0 Å². The van der Waals surface area contributed by atoms with Crippen molar-refractivity contribution >= 4 is 23.0 Å². The Bertz CT molecular complexity index is 465. The van der Waals surface area contributed by atoms with Crippen molar-refractivity contribution in [2.75, 3.05) is 12.3 Å². The highest BCUT2D eigenvalue weighted by Crippen LogP contribution is 2.43. The molecule has 2 N–H and O–H groups in total. The lowest BCUT2D eigenvalue weighted by Gasteiger charge is -2.23. The molecule has 3 rings (SSSR count). The number of carbonyl (C=O) groups excluding carboxylic acids is 1. The first kappa shape index (κ1) is 12.9. The third-order valence-electron chi connectivity index (χ3n) is 4.13. The second-order valence-corrected chi connectivity index (χ2v) is 6.39. The first-order valence-corrected chi connectivity index (χ1v) is 7.74. The molecule has 2 heterocycles. The summed E-state index contributed by atoms with van der Waals surface area (Å²) in [5, 5.41) is 1.80. The molecule has 5 heteroatoms. The lowest BCUT2D eigenvalue weighted by Crippen LogP contribution is -2.27. The minimum absolute atomic E-state index is 0.0586. The molecular weight excluding hydrogens is 262 g/mol. The summed E-state index contributed by atoms with van der Waals surface area (Å²) in [5.74, 6) is -0.330. The van der Waals surface area contributed by atoms with Gasteiger partial charge in [-0.15, -0.1) is 11.3 Å². The zero-order chi connectivity index (χ0) is 13.3. The van der Waals surface area contributed by atoms with Gasteiger partial charge in [-0.3, -0.25) is 0 Å². The second kappa shape index (κ2) is 5.13. The van der Waals surface area contributed by atoms with E-state index >= 15 is 0 Å². The number of nitrogen functional groups attached to an aromatic ring is 1. The molecule has 1 aromatic rings. The molecule has 0 radical (unpaired) electrons. The molecule has 104 valence electrons. The van der Waals surface area contributed by atoms with Crippen molar-refractivity contribution in [1.29, 1.82) is 0 Å². The molecule has 1 saturated carbocycles. The van der Waals surface area contributed by atoms with Gasteiger partial charge in [0.2, 0.25) is 0 Å². The standard InChI is InChI=1S/C14H19NO3S/c15-11-4-8-19-12(11)13(16)17-9-10-3-7-14(18-10)5-1-2-6-14/h4,8,10H,1-3,5-7,9,15H2. The summed E-state index contributed by atoms with van der Waals surface area (Å²) in [6.45, 7) is 0.345. The molecule has 1 aromatic heterocycles. The average molecular weight is 281 g/mol. The van der Waals surface area contributed by atoms with Gasteiger partial charge in [-0.25, -0.2) is 4.79 Å². The Balaban J connectivity index is 1.51. The van der Waals surface area contributed by atoms with Gasteiger partial charge in [0.1, 0.15) is 11.5 Å². The van der Waals surface area contributed by atoms with E-state index in [-0.39, 0.29) is 17.7 Å². The van der Waals surface area contributed by atoms with Crippen LogP contribution in [-0.4, -0.2) is 24.3 Å². The van der Waals surface area contributed by atoms with Gasteiger partial charge in [0, 0.05) is 0 Å². The third kappa shape index (κ3) is 2.62. The molecule has 1 aliphatic heterocycles. The van der Waals surface area contributed by atoms with Crippen molar-refractivity contribution in [3.05, 3.63) is 16.3 Å². The predicted molar refractivity (Wildman–Crippen MR) is 74.3 cm³/mol. The number of rotatable bonds is 3. The minimum Gasteiger partial charge on any atom is -0.459 e. The van der Waals surface area contributed by atoms with E-state index in [4.69, 9.17) is 15.2 Å². The number of esters is 1. The monoisotopic (exact) mass is 281 g/mol. The fraction of sp³-hybridized carbons (Fsp3) is 0.643. The van der Waals surface area contributed by atoms with Gasteiger partial charge in [0.25, 0.3) is 0 Å². The first-order valence-electron chi connectivity index (χ1n) is 6.86.